The summed E-state index contributed by atoms with van der Waals surface area (Å²) in [5.41, 5.74) is 2.08. The van der Waals surface area contributed by atoms with Crippen molar-refractivity contribution in [1.82, 2.24) is 5.32 Å². The molecule has 0 spiro atoms. The average molecular weight is 361 g/mol. The Morgan fingerprint density at radius 2 is 1.80 bits per heavy atom. The van der Waals surface area contributed by atoms with Gasteiger partial charge in [-0.1, -0.05) is 24.3 Å². The number of benzene rings is 2. The van der Waals surface area contributed by atoms with Gasteiger partial charge in [-0.2, -0.15) is 0 Å². The molecule has 0 amide bonds. The highest BCUT2D eigenvalue weighted by molar-refractivity contribution is 9.10. The maximum Gasteiger partial charge on any atom is 0.144 e. The lowest BCUT2D eigenvalue weighted by Crippen LogP contribution is -2.15. The summed E-state index contributed by atoms with van der Waals surface area (Å²) in [7, 11) is 0. The highest BCUT2D eigenvalue weighted by atomic mass is 79.9. The Labute approximate surface area is 130 Å². The van der Waals surface area contributed by atoms with Crippen molar-refractivity contribution < 1.29 is 8.78 Å². The van der Waals surface area contributed by atoms with Crippen LogP contribution >= 0.6 is 27.5 Å². The molecule has 2 aromatic rings. The molecule has 5 heteroatoms. The van der Waals surface area contributed by atoms with Gasteiger partial charge in [0.05, 0.1) is 4.47 Å². The van der Waals surface area contributed by atoms with Crippen LogP contribution in [0.1, 0.15) is 16.7 Å². The van der Waals surface area contributed by atoms with E-state index in [4.69, 9.17) is 11.6 Å². The van der Waals surface area contributed by atoms with E-state index in [2.05, 4.69) is 21.2 Å². The van der Waals surface area contributed by atoms with Crippen LogP contribution in [0.3, 0.4) is 0 Å². The van der Waals surface area contributed by atoms with E-state index in [0.717, 1.165) is 11.1 Å². The number of nitrogens with one attached hydrogen (secondary N) is 1. The smallest absolute Gasteiger partial charge is 0.144 e. The fourth-order valence-electron chi connectivity index (χ4n) is 1.89. The van der Waals surface area contributed by atoms with Crippen LogP contribution in [0.25, 0.3) is 0 Å². The van der Waals surface area contributed by atoms with Crippen LogP contribution in [0.15, 0.2) is 40.9 Å². The van der Waals surface area contributed by atoms with Gasteiger partial charge in [0.15, 0.2) is 0 Å². The van der Waals surface area contributed by atoms with E-state index in [1.54, 1.807) is 0 Å². The molecular formula is C15H13BrClF2N. The summed E-state index contributed by atoms with van der Waals surface area (Å²) in [6.45, 7) is 0.651. The van der Waals surface area contributed by atoms with E-state index >= 15 is 0 Å². The van der Waals surface area contributed by atoms with Gasteiger partial charge in [-0.15, -0.1) is 11.6 Å². The molecule has 1 N–H and O–H groups in total. The molecule has 0 aliphatic rings. The second-order valence-corrected chi connectivity index (χ2v) is 5.50. The van der Waals surface area contributed by atoms with Gasteiger partial charge in [-0.3, -0.25) is 0 Å². The lowest BCUT2D eigenvalue weighted by molar-refractivity contribution is 0.532. The van der Waals surface area contributed by atoms with Gasteiger partial charge in [0.2, 0.25) is 0 Å². The molecular weight excluding hydrogens is 348 g/mol. The van der Waals surface area contributed by atoms with E-state index < -0.39 is 11.6 Å². The third kappa shape index (κ3) is 3.78. The van der Waals surface area contributed by atoms with E-state index in [1.165, 1.54) is 12.1 Å². The lowest BCUT2D eigenvalue weighted by atomic mass is 10.1. The van der Waals surface area contributed by atoms with Crippen LogP contribution < -0.4 is 5.32 Å². The van der Waals surface area contributed by atoms with Crippen LogP contribution in [0, 0.1) is 11.6 Å². The quantitative estimate of drug-likeness (QED) is 0.599. The molecule has 0 aliphatic carbocycles. The molecule has 0 saturated heterocycles. The Kier molecular flexibility index (Phi) is 5.52. The third-order valence-electron chi connectivity index (χ3n) is 2.92. The van der Waals surface area contributed by atoms with Gasteiger partial charge in [-0.25, -0.2) is 8.78 Å². The first-order chi connectivity index (χ1) is 9.61. The number of halogens is 4. The fraction of sp³-hybridized carbons (Fsp3) is 0.200. The predicted molar refractivity (Wildman–Crippen MR) is 80.6 cm³/mol. The van der Waals surface area contributed by atoms with Crippen molar-refractivity contribution in [3.63, 3.8) is 0 Å². The summed E-state index contributed by atoms with van der Waals surface area (Å²) in [5, 5.41) is 3.03. The number of hydrogen-bond acceptors (Lipinski definition) is 1. The fourth-order valence-corrected chi connectivity index (χ4v) is 2.42. The predicted octanol–water partition coefficient (Wildman–Crippen LogP) is 4.76. The molecule has 0 heterocycles. The molecule has 2 rings (SSSR count). The standard InChI is InChI=1S/C15H13BrClF2N/c16-13-4-5-14(18)12(15(13)19)9-20-8-11-3-1-2-10(6-11)7-17/h1-6,20H,7-9H2. The first-order valence-corrected chi connectivity index (χ1v) is 7.41. The minimum Gasteiger partial charge on any atom is -0.308 e. The van der Waals surface area contributed by atoms with E-state index in [-0.39, 0.29) is 16.6 Å². The Bertz CT molecular complexity index is 604. The number of alkyl halides is 1. The van der Waals surface area contributed by atoms with Gasteiger partial charge in [0, 0.05) is 24.5 Å². The second-order valence-electron chi connectivity index (χ2n) is 4.38. The summed E-state index contributed by atoms with van der Waals surface area (Å²) in [4.78, 5) is 0. The maximum absolute atomic E-state index is 13.8. The second kappa shape index (κ2) is 7.16. The maximum atomic E-state index is 13.8. The zero-order valence-corrected chi connectivity index (χ0v) is 12.9. The molecule has 0 aromatic heterocycles. The molecule has 0 unspecified atom stereocenters. The van der Waals surface area contributed by atoms with Crippen LogP contribution in [0.4, 0.5) is 8.78 Å². The summed E-state index contributed by atoms with van der Waals surface area (Å²) in [6, 6.07) is 10.4. The monoisotopic (exact) mass is 359 g/mol. The normalized spacial score (nSPS) is 10.8. The highest BCUT2D eigenvalue weighted by Gasteiger charge is 2.11. The number of hydrogen-bond donors (Lipinski definition) is 1. The summed E-state index contributed by atoms with van der Waals surface area (Å²) in [5.74, 6) is -0.664. The highest BCUT2D eigenvalue weighted by Crippen LogP contribution is 2.21. The minimum atomic E-state index is -0.563. The first kappa shape index (κ1) is 15.4. The Hall–Kier alpha value is -0.970. The number of rotatable bonds is 5. The van der Waals surface area contributed by atoms with Gasteiger partial charge < -0.3 is 5.32 Å². The molecule has 0 bridgehead atoms. The molecule has 20 heavy (non-hydrogen) atoms. The van der Waals surface area contributed by atoms with E-state index in [0.29, 0.717) is 12.4 Å². The van der Waals surface area contributed by atoms with Gasteiger partial charge in [0.25, 0.3) is 0 Å². The van der Waals surface area contributed by atoms with Gasteiger partial charge >= 0.3 is 0 Å². The van der Waals surface area contributed by atoms with Crippen molar-refractivity contribution in [1.29, 1.82) is 0 Å². The van der Waals surface area contributed by atoms with E-state index in [1.807, 2.05) is 24.3 Å². The van der Waals surface area contributed by atoms with Gasteiger partial charge in [-0.05, 0) is 39.2 Å². The van der Waals surface area contributed by atoms with Crippen LogP contribution in [-0.4, -0.2) is 0 Å². The Morgan fingerprint density at radius 3 is 2.55 bits per heavy atom. The summed E-state index contributed by atoms with van der Waals surface area (Å²) >= 11 is 8.81. The van der Waals surface area contributed by atoms with Gasteiger partial charge in [0.1, 0.15) is 11.6 Å². The molecule has 2 aromatic carbocycles. The van der Waals surface area contributed by atoms with Crippen molar-refractivity contribution in [3.8, 4) is 0 Å². The topological polar surface area (TPSA) is 12.0 Å². The summed E-state index contributed by atoms with van der Waals surface area (Å²) < 4.78 is 27.6. The van der Waals surface area contributed by atoms with Crippen molar-refractivity contribution in [2.75, 3.05) is 0 Å². The zero-order chi connectivity index (χ0) is 14.5. The van der Waals surface area contributed by atoms with Crippen molar-refractivity contribution in [3.05, 3.63) is 69.2 Å². The molecule has 1 nitrogen and oxygen atoms in total. The first-order valence-electron chi connectivity index (χ1n) is 6.08. The van der Waals surface area contributed by atoms with Crippen LogP contribution in [0.2, 0.25) is 0 Å². The Morgan fingerprint density at radius 1 is 1.05 bits per heavy atom. The van der Waals surface area contributed by atoms with Crippen LogP contribution in [-0.2, 0) is 19.0 Å². The molecule has 0 radical (unpaired) electrons. The largest absolute Gasteiger partial charge is 0.308 e. The molecule has 0 saturated carbocycles. The van der Waals surface area contributed by atoms with E-state index in [9.17, 15) is 8.78 Å². The van der Waals surface area contributed by atoms with Crippen molar-refractivity contribution in [2.24, 2.45) is 0 Å². The average Bonchev–Trinajstić information content (AvgIpc) is 2.47. The van der Waals surface area contributed by atoms with Crippen LogP contribution in [0.5, 0.6) is 0 Å². The molecule has 0 fully saturated rings. The lowest BCUT2D eigenvalue weighted by Gasteiger charge is -2.09. The Balaban J connectivity index is 2.01. The summed E-state index contributed by atoms with van der Waals surface area (Å²) in [6.07, 6.45) is 0. The minimum absolute atomic E-state index is 0.0351. The van der Waals surface area contributed by atoms with Crippen molar-refractivity contribution in [2.45, 2.75) is 19.0 Å². The molecule has 0 atom stereocenters. The SMILES string of the molecule is Fc1ccc(Br)c(F)c1CNCc1cccc(CCl)c1. The zero-order valence-electron chi connectivity index (χ0n) is 10.6. The molecule has 106 valence electrons. The third-order valence-corrected chi connectivity index (χ3v) is 3.84. The molecule has 0 aliphatic heterocycles. The van der Waals surface area contributed by atoms with Crippen molar-refractivity contribution >= 4 is 27.5 Å².